The number of nitrogens with two attached hydrogens (primary N) is 1. The van der Waals surface area contributed by atoms with Gasteiger partial charge in [-0.25, -0.2) is 0 Å². The topological polar surface area (TPSA) is 59.1 Å². The molecule has 92 valence electrons. The molecular weight excluding hydrogens is 236 g/mol. The smallest absolute Gasteiger partial charge is 0.137 e. The van der Waals surface area contributed by atoms with Crippen molar-refractivity contribution >= 4 is 17.4 Å². The Morgan fingerprint density at radius 3 is 2.76 bits per heavy atom. The van der Waals surface area contributed by atoms with E-state index in [9.17, 15) is 0 Å². The second-order valence-electron chi connectivity index (χ2n) is 4.49. The fourth-order valence-electron chi connectivity index (χ4n) is 1.90. The second kappa shape index (κ2) is 5.41. The number of hydrogen-bond acceptors (Lipinski definition) is 2. The van der Waals surface area contributed by atoms with Crippen molar-refractivity contribution in [3.63, 3.8) is 0 Å². The lowest BCUT2D eigenvalue weighted by Gasteiger charge is -2.25. The number of nitrogens with one attached hydrogen (secondary N) is 1. The SMILES string of the molecule is N=C(N)c1ccc(OCCC2CCC2)c(Cl)c1. The maximum absolute atomic E-state index is 7.31. The van der Waals surface area contributed by atoms with Gasteiger partial charge in [0.2, 0.25) is 0 Å². The third kappa shape index (κ3) is 3.13. The molecule has 0 saturated heterocycles. The molecule has 0 amide bonds. The Morgan fingerprint density at radius 1 is 1.47 bits per heavy atom. The van der Waals surface area contributed by atoms with Gasteiger partial charge in [0.05, 0.1) is 11.6 Å². The van der Waals surface area contributed by atoms with Gasteiger partial charge in [0, 0.05) is 5.56 Å². The highest BCUT2D eigenvalue weighted by atomic mass is 35.5. The summed E-state index contributed by atoms with van der Waals surface area (Å²) in [5, 5.41) is 7.83. The summed E-state index contributed by atoms with van der Waals surface area (Å²) in [6.07, 6.45) is 5.13. The van der Waals surface area contributed by atoms with E-state index < -0.39 is 0 Å². The number of hydrogen-bond donors (Lipinski definition) is 2. The number of halogens is 1. The van der Waals surface area contributed by atoms with E-state index >= 15 is 0 Å². The molecule has 0 unspecified atom stereocenters. The number of benzene rings is 1. The molecule has 0 radical (unpaired) electrons. The highest BCUT2D eigenvalue weighted by molar-refractivity contribution is 6.32. The average Bonchev–Trinajstić information content (AvgIpc) is 2.23. The lowest BCUT2D eigenvalue weighted by Crippen LogP contribution is -2.14. The van der Waals surface area contributed by atoms with Gasteiger partial charge in [-0.2, -0.15) is 0 Å². The zero-order valence-corrected chi connectivity index (χ0v) is 10.5. The van der Waals surface area contributed by atoms with Crippen LogP contribution in [0.1, 0.15) is 31.2 Å². The van der Waals surface area contributed by atoms with Gasteiger partial charge in [-0.1, -0.05) is 30.9 Å². The molecule has 0 aromatic heterocycles. The summed E-state index contributed by atoms with van der Waals surface area (Å²) in [7, 11) is 0. The van der Waals surface area contributed by atoms with Gasteiger partial charge in [-0.15, -0.1) is 0 Å². The molecule has 17 heavy (non-hydrogen) atoms. The Hall–Kier alpha value is -1.22. The van der Waals surface area contributed by atoms with Crippen molar-refractivity contribution in [2.24, 2.45) is 11.7 Å². The molecule has 1 fully saturated rings. The Balaban J connectivity index is 1.89. The molecule has 3 nitrogen and oxygen atoms in total. The van der Waals surface area contributed by atoms with Crippen LogP contribution in [0.25, 0.3) is 0 Å². The Morgan fingerprint density at radius 2 is 2.24 bits per heavy atom. The molecule has 0 bridgehead atoms. The van der Waals surface area contributed by atoms with Gasteiger partial charge < -0.3 is 10.5 Å². The van der Waals surface area contributed by atoms with E-state index in [2.05, 4.69) is 0 Å². The first kappa shape index (κ1) is 12.2. The van der Waals surface area contributed by atoms with Crippen LogP contribution in [0.3, 0.4) is 0 Å². The van der Waals surface area contributed by atoms with Crippen LogP contribution >= 0.6 is 11.6 Å². The Labute approximate surface area is 106 Å². The molecule has 1 saturated carbocycles. The zero-order chi connectivity index (χ0) is 12.3. The minimum absolute atomic E-state index is 0.0212. The van der Waals surface area contributed by atoms with E-state index in [1.165, 1.54) is 19.3 Å². The second-order valence-corrected chi connectivity index (χ2v) is 4.90. The van der Waals surface area contributed by atoms with Crippen LogP contribution in [0.4, 0.5) is 0 Å². The molecule has 1 aromatic carbocycles. The highest BCUT2D eigenvalue weighted by Gasteiger charge is 2.17. The molecule has 2 rings (SSSR count). The highest BCUT2D eigenvalue weighted by Crippen LogP contribution is 2.30. The zero-order valence-electron chi connectivity index (χ0n) is 9.71. The Bertz CT molecular complexity index is 416. The van der Waals surface area contributed by atoms with Gasteiger partial charge in [0.25, 0.3) is 0 Å². The fraction of sp³-hybridized carbons (Fsp3) is 0.462. The van der Waals surface area contributed by atoms with Gasteiger partial charge in [0.15, 0.2) is 0 Å². The third-order valence-corrected chi connectivity index (χ3v) is 3.55. The first-order chi connectivity index (χ1) is 8.16. The van der Waals surface area contributed by atoms with Crippen molar-refractivity contribution in [3.8, 4) is 5.75 Å². The van der Waals surface area contributed by atoms with E-state index in [0.717, 1.165) is 12.3 Å². The first-order valence-electron chi connectivity index (χ1n) is 5.93. The molecule has 1 aliphatic carbocycles. The summed E-state index contributed by atoms with van der Waals surface area (Å²) in [5.74, 6) is 1.54. The molecule has 0 aliphatic heterocycles. The van der Waals surface area contributed by atoms with Crippen LogP contribution in [-0.2, 0) is 0 Å². The van der Waals surface area contributed by atoms with Crippen LogP contribution in [0.2, 0.25) is 5.02 Å². The predicted octanol–water partition coefficient (Wildman–Crippen LogP) is 3.19. The summed E-state index contributed by atoms with van der Waals surface area (Å²) in [6, 6.07) is 5.20. The van der Waals surface area contributed by atoms with Crippen molar-refractivity contribution in [1.29, 1.82) is 5.41 Å². The fourth-order valence-corrected chi connectivity index (χ4v) is 2.14. The molecule has 0 spiro atoms. The van der Waals surface area contributed by atoms with Crippen molar-refractivity contribution in [2.75, 3.05) is 6.61 Å². The van der Waals surface area contributed by atoms with E-state index in [-0.39, 0.29) is 5.84 Å². The average molecular weight is 253 g/mol. The summed E-state index contributed by atoms with van der Waals surface area (Å²) in [6.45, 7) is 0.712. The molecular formula is C13H17ClN2O. The largest absolute Gasteiger partial charge is 0.492 e. The van der Waals surface area contributed by atoms with Crippen molar-refractivity contribution in [1.82, 2.24) is 0 Å². The standard InChI is InChI=1S/C13H17ClN2O/c14-11-8-10(13(15)16)4-5-12(11)17-7-6-9-2-1-3-9/h4-5,8-9H,1-3,6-7H2,(H3,15,16). The number of rotatable bonds is 5. The first-order valence-corrected chi connectivity index (χ1v) is 6.31. The minimum Gasteiger partial charge on any atom is -0.492 e. The maximum atomic E-state index is 7.31. The molecule has 3 N–H and O–H groups in total. The Kier molecular flexibility index (Phi) is 3.89. The van der Waals surface area contributed by atoms with Crippen molar-refractivity contribution in [3.05, 3.63) is 28.8 Å². The molecule has 1 aromatic rings. The van der Waals surface area contributed by atoms with E-state index in [1.807, 2.05) is 0 Å². The van der Waals surface area contributed by atoms with Crippen molar-refractivity contribution < 1.29 is 4.74 Å². The summed E-state index contributed by atoms with van der Waals surface area (Å²) < 4.78 is 5.63. The van der Waals surface area contributed by atoms with Gasteiger partial charge in [0.1, 0.15) is 11.6 Å². The van der Waals surface area contributed by atoms with Crippen LogP contribution in [0.15, 0.2) is 18.2 Å². The van der Waals surface area contributed by atoms with E-state index in [1.54, 1.807) is 18.2 Å². The number of ether oxygens (including phenoxy) is 1. The lowest BCUT2D eigenvalue weighted by molar-refractivity contribution is 0.222. The lowest BCUT2D eigenvalue weighted by atomic mass is 9.83. The summed E-state index contributed by atoms with van der Waals surface area (Å²) in [5.41, 5.74) is 6.01. The van der Waals surface area contributed by atoms with E-state index in [0.29, 0.717) is 22.9 Å². The molecule has 0 atom stereocenters. The number of nitrogen functional groups attached to an aromatic ring is 1. The quantitative estimate of drug-likeness (QED) is 0.625. The molecule has 1 aliphatic rings. The van der Waals surface area contributed by atoms with Crippen molar-refractivity contribution in [2.45, 2.75) is 25.7 Å². The maximum Gasteiger partial charge on any atom is 0.137 e. The van der Waals surface area contributed by atoms with E-state index in [4.69, 9.17) is 27.5 Å². The molecule has 0 heterocycles. The van der Waals surface area contributed by atoms with Gasteiger partial charge in [-0.05, 0) is 30.5 Å². The summed E-state index contributed by atoms with van der Waals surface area (Å²) >= 11 is 6.06. The molecule has 4 heteroatoms. The monoisotopic (exact) mass is 252 g/mol. The number of amidine groups is 1. The van der Waals surface area contributed by atoms with Gasteiger partial charge >= 0.3 is 0 Å². The predicted molar refractivity (Wildman–Crippen MR) is 69.9 cm³/mol. The minimum atomic E-state index is 0.0212. The van der Waals surface area contributed by atoms with Crippen LogP contribution < -0.4 is 10.5 Å². The normalized spacial score (nSPS) is 15.4. The van der Waals surface area contributed by atoms with Crippen LogP contribution in [0, 0.1) is 11.3 Å². The van der Waals surface area contributed by atoms with Crippen LogP contribution in [-0.4, -0.2) is 12.4 Å². The van der Waals surface area contributed by atoms with Crippen LogP contribution in [0.5, 0.6) is 5.75 Å². The summed E-state index contributed by atoms with van der Waals surface area (Å²) in [4.78, 5) is 0. The van der Waals surface area contributed by atoms with Gasteiger partial charge in [-0.3, -0.25) is 5.41 Å². The third-order valence-electron chi connectivity index (χ3n) is 3.25.